The summed E-state index contributed by atoms with van der Waals surface area (Å²) < 4.78 is 15.5. The number of ether oxygens (including phenoxy) is 3. The number of benzene rings is 2. The smallest absolute Gasteiger partial charge is 0.328 e. The molecule has 0 saturated heterocycles. The van der Waals surface area contributed by atoms with E-state index in [1.165, 1.54) is 7.11 Å². The standard InChI is InChI=1S/C28H35NO7/c1-28(2,3)36-25(31)18-22(17-20-11-7-5-8-12-20)26(32)29-23(27(33)34-4)15-16-24(30)35-19-21-13-9-6-10-14-21/h5-14,22-23H,15-19H2,1-4H3,(H,29,32)/t22-,23-/m1/s1. The van der Waals surface area contributed by atoms with Crippen molar-refractivity contribution in [3.8, 4) is 0 Å². The largest absolute Gasteiger partial charge is 0.467 e. The Labute approximate surface area is 212 Å². The number of hydrogen-bond acceptors (Lipinski definition) is 7. The Balaban J connectivity index is 2.03. The van der Waals surface area contributed by atoms with Crippen LogP contribution in [0.15, 0.2) is 60.7 Å². The lowest BCUT2D eigenvalue weighted by atomic mass is 9.94. The van der Waals surface area contributed by atoms with Crippen molar-refractivity contribution in [1.29, 1.82) is 0 Å². The fraction of sp³-hybridized carbons (Fsp3) is 0.429. The molecule has 2 atom stereocenters. The molecule has 0 aromatic heterocycles. The fourth-order valence-corrected chi connectivity index (χ4v) is 3.49. The van der Waals surface area contributed by atoms with E-state index in [1.807, 2.05) is 60.7 Å². The number of hydrogen-bond donors (Lipinski definition) is 1. The molecule has 0 radical (unpaired) electrons. The van der Waals surface area contributed by atoms with Crippen LogP contribution >= 0.6 is 0 Å². The van der Waals surface area contributed by atoms with E-state index in [9.17, 15) is 19.2 Å². The summed E-state index contributed by atoms with van der Waals surface area (Å²) in [6.45, 7) is 5.37. The Kier molecular flexibility index (Phi) is 11.1. The summed E-state index contributed by atoms with van der Waals surface area (Å²) in [5, 5.41) is 2.66. The van der Waals surface area contributed by atoms with Crippen LogP contribution in [-0.2, 0) is 46.4 Å². The van der Waals surface area contributed by atoms with Crippen molar-refractivity contribution in [2.24, 2.45) is 5.92 Å². The average molecular weight is 498 g/mol. The van der Waals surface area contributed by atoms with Crippen LogP contribution in [-0.4, -0.2) is 42.6 Å². The molecule has 0 bridgehead atoms. The van der Waals surface area contributed by atoms with Crippen molar-refractivity contribution in [2.45, 2.75) is 64.7 Å². The topological polar surface area (TPSA) is 108 Å². The maximum atomic E-state index is 13.2. The maximum absolute atomic E-state index is 13.2. The van der Waals surface area contributed by atoms with Crippen molar-refractivity contribution in [3.63, 3.8) is 0 Å². The summed E-state index contributed by atoms with van der Waals surface area (Å²) in [7, 11) is 1.21. The highest BCUT2D eigenvalue weighted by Gasteiger charge is 2.30. The van der Waals surface area contributed by atoms with Crippen LogP contribution in [0.3, 0.4) is 0 Å². The zero-order chi connectivity index (χ0) is 26.6. The number of esters is 3. The first kappa shape index (κ1) is 28.6. The second kappa shape index (κ2) is 14.0. The average Bonchev–Trinajstić information content (AvgIpc) is 2.84. The van der Waals surface area contributed by atoms with E-state index < -0.39 is 41.4 Å². The highest BCUT2D eigenvalue weighted by molar-refractivity contribution is 5.88. The van der Waals surface area contributed by atoms with E-state index in [1.54, 1.807) is 20.8 Å². The van der Waals surface area contributed by atoms with E-state index in [0.717, 1.165) is 11.1 Å². The van der Waals surface area contributed by atoms with Crippen LogP contribution in [0.2, 0.25) is 0 Å². The molecule has 2 aromatic rings. The Morgan fingerprint density at radius 2 is 1.44 bits per heavy atom. The monoisotopic (exact) mass is 497 g/mol. The van der Waals surface area contributed by atoms with Crippen LogP contribution in [0.1, 0.15) is 51.2 Å². The summed E-state index contributed by atoms with van der Waals surface area (Å²) in [5.41, 5.74) is 1.01. The lowest BCUT2D eigenvalue weighted by Gasteiger charge is -2.23. The number of carbonyl (C=O) groups excluding carboxylic acids is 4. The molecule has 1 amide bonds. The predicted molar refractivity (Wildman–Crippen MR) is 134 cm³/mol. The molecular formula is C28H35NO7. The van der Waals surface area contributed by atoms with Gasteiger partial charge in [-0.1, -0.05) is 60.7 Å². The van der Waals surface area contributed by atoms with Gasteiger partial charge in [0.15, 0.2) is 0 Å². The van der Waals surface area contributed by atoms with E-state index >= 15 is 0 Å². The highest BCUT2D eigenvalue weighted by Crippen LogP contribution is 2.18. The van der Waals surface area contributed by atoms with Crippen LogP contribution in [0.25, 0.3) is 0 Å². The minimum absolute atomic E-state index is 0.00344. The second-order valence-electron chi connectivity index (χ2n) is 9.45. The summed E-state index contributed by atoms with van der Waals surface area (Å²) in [5.74, 6) is -2.98. The molecule has 0 aliphatic carbocycles. The third kappa shape index (κ3) is 10.7. The predicted octanol–water partition coefficient (Wildman–Crippen LogP) is 3.76. The number of carbonyl (C=O) groups is 4. The Bertz CT molecular complexity index is 1000. The zero-order valence-electron chi connectivity index (χ0n) is 21.3. The van der Waals surface area contributed by atoms with Gasteiger partial charge in [0.25, 0.3) is 0 Å². The van der Waals surface area contributed by atoms with Gasteiger partial charge in [-0.25, -0.2) is 4.79 Å². The Morgan fingerprint density at radius 3 is 2.00 bits per heavy atom. The van der Waals surface area contributed by atoms with Gasteiger partial charge in [-0.15, -0.1) is 0 Å². The highest BCUT2D eigenvalue weighted by atomic mass is 16.6. The third-order valence-electron chi connectivity index (χ3n) is 5.21. The molecule has 194 valence electrons. The Morgan fingerprint density at radius 1 is 0.861 bits per heavy atom. The van der Waals surface area contributed by atoms with Crippen molar-refractivity contribution in [3.05, 3.63) is 71.8 Å². The lowest BCUT2D eigenvalue weighted by Crippen LogP contribution is -2.45. The van der Waals surface area contributed by atoms with Gasteiger partial charge in [0.1, 0.15) is 18.2 Å². The van der Waals surface area contributed by atoms with E-state index in [-0.39, 0.29) is 32.3 Å². The minimum Gasteiger partial charge on any atom is -0.467 e. The van der Waals surface area contributed by atoms with Gasteiger partial charge in [-0.2, -0.15) is 0 Å². The fourth-order valence-electron chi connectivity index (χ4n) is 3.49. The molecule has 0 spiro atoms. The van der Waals surface area contributed by atoms with Gasteiger partial charge in [0, 0.05) is 6.42 Å². The first-order chi connectivity index (χ1) is 17.1. The zero-order valence-corrected chi connectivity index (χ0v) is 21.3. The quantitative estimate of drug-likeness (QED) is 0.351. The van der Waals surface area contributed by atoms with Gasteiger partial charge in [0.05, 0.1) is 19.4 Å². The van der Waals surface area contributed by atoms with Gasteiger partial charge in [0.2, 0.25) is 5.91 Å². The third-order valence-corrected chi connectivity index (χ3v) is 5.21. The van der Waals surface area contributed by atoms with Crippen molar-refractivity contribution < 1.29 is 33.4 Å². The van der Waals surface area contributed by atoms with E-state index in [2.05, 4.69) is 5.32 Å². The Hall–Kier alpha value is -3.68. The molecule has 0 aliphatic rings. The van der Waals surface area contributed by atoms with Crippen molar-refractivity contribution in [2.75, 3.05) is 7.11 Å². The molecule has 8 nitrogen and oxygen atoms in total. The van der Waals surface area contributed by atoms with Crippen molar-refractivity contribution in [1.82, 2.24) is 5.32 Å². The van der Waals surface area contributed by atoms with Crippen LogP contribution in [0, 0.1) is 5.92 Å². The van der Waals surface area contributed by atoms with Gasteiger partial charge >= 0.3 is 17.9 Å². The molecule has 0 saturated carbocycles. The van der Waals surface area contributed by atoms with Gasteiger partial charge in [-0.05, 0) is 44.7 Å². The molecule has 36 heavy (non-hydrogen) atoms. The summed E-state index contributed by atoms with van der Waals surface area (Å²) >= 11 is 0. The minimum atomic E-state index is -1.07. The van der Waals surface area contributed by atoms with Crippen LogP contribution in [0.5, 0.6) is 0 Å². The van der Waals surface area contributed by atoms with Crippen LogP contribution < -0.4 is 5.32 Å². The maximum Gasteiger partial charge on any atom is 0.328 e. The number of rotatable bonds is 12. The number of nitrogens with one attached hydrogen (secondary N) is 1. The van der Waals surface area contributed by atoms with Crippen molar-refractivity contribution >= 4 is 23.8 Å². The lowest BCUT2D eigenvalue weighted by molar-refractivity contribution is -0.157. The molecule has 0 unspecified atom stereocenters. The van der Waals surface area contributed by atoms with Crippen LogP contribution in [0.4, 0.5) is 0 Å². The SMILES string of the molecule is COC(=O)[C@@H](CCC(=O)OCc1ccccc1)NC(=O)[C@@H](CC(=O)OC(C)(C)C)Cc1ccccc1. The molecule has 0 heterocycles. The second-order valence-corrected chi connectivity index (χ2v) is 9.45. The normalized spacial score (nSPS) is 12.7. The molecule has 2 aromatic carbocycles. The number of amides is 1. The molecule has 0 aliphatic heterocycles. The molecule has 8 heteroatoms. The van der Waals surface area contributed by atoms with Gasteiger partial charge in [-0.3, -0.25) is 14.4 Å². The summed E-state index contributed by atoms with van der Waals surface area (Å²) in [4.78, 5) is 50.3. The summed E-state index contributed by atoms with van der Waals surface area (Å²) in [6, 6.07) is 17.4. The first-order valence-electron chi connectivity index (χ1n) is 11.9. The van der Waals surface area contributed by atoms with Gasteiger partial charge < -0.3 is 19.5 Å². The molecule has 1 N–H and O–H groups in total. The molecular weight excluding hydrogens is 462 g/mol. The molecule has 2 rings (SSSR count). The van der Waals surface area contributed by atoms with E-state index in [0.29, 0.717) is 0 Å². The van der Waals surface area contributed by atoms with E-state index in [4.69, 9.17) is 14.2 Å². The molecule has 0 fully saturated rings. The summed E-state index contributed by atoms with van der Waals surface area (Å²) in [6.07, 6.45) is 0.0166. The number of methoxy groups -OCH3 is 1. The first-order valence-corrected chi connectivity index (χ1v) is 11.9.